The third kappa shape index (κ3) is 1.98. The summed E-state index contributed by atoms with van der Waals surface area (Å²) in [5, 5.41) is 4.28. The van der Waals surface area contributed by atoms with Gasteiger partial charge in [0.1, 0.15) is 0 Å². The summed E-state index contributed by atoms with van der Waals surface area (Å²) < 4.78 is 8.63. The van der Waals surface area contributed by atoms with E-state index in [1.54, 1.807) is 10.6 Å². The van der Waals surface area contributed by atoms with Gasteiger partial charge in [-0.1, -0.05) is 6.07 Å². The molecule has 5 heteroatoms. The van der Waals surface area contributed by atoms with Gasteiger partial charge in [0.15, 0.2) is 5.65 Å². The second-order valence-corrected chi connectivity index (χ2v) is 4.36. The van der Waals surface area contributed by atoms with Gasteiger partial charge in [-0.05, 0) is 31.4 Å². The molecule has 5 nitrogen and oxygen atoms in total. The fraction of sp³-hybridized carbons (Fsp3) is 0.500. The summed E-state index contributed by atoms with van der Waals surface area (Å²) >= 11 is 0. The first-order valence-electron chi connectivity index (χ1n) is 6.00. The number of aromatic nitrogens is 3. The van der Waals surface area contributed by atoms with E-state index >= 15 is 0 Å². The van der Waals surface area contributed by atoms with Crippen molar-refractivity contribution in [1.82, 2.24) is 14.2 Å². The average molecular weight is 233 g/mol. The Balaban J connectivity index is 1.80. The lowest BCUT2D eigenvalue weighted by molar-refractivity contribution is 0.0992. The highest BCUT2D eigenvalue weighted by Gasteiger charge is 2.16. The number of ether oxygens (including phenoxy) is 1. The Morgan fingerprint density at radius 2 is 2.41 bits per heavy atom. The van der Waals surface area contributed by atoms with Gasteiger partial charge in [0.05, 0.1) is 6.10 Å². The molecule has 0 spiro atoms. The molecule has 2 aromatic heterocycles. The van der Waals surface area contributed by atoms with Crippen LogP contribution in [0.2, 0.25) is 0 Å². The van der Waals surface area contributed by atoms with Crippen LogP contribution in [0.15, 0.2) is 29.2 Å². The monoisotopic (exact) mass is 233 g/mol. The topological polar surface area (TPSA) is 48.5 Å². The minimum absolute atomic E-state index is 0.0707. The largest absolute Gasteiger partial charge is 0.378 e. The van der Waals surface area contributed by atoms with Crippen LogP contribution in [-0.2, 0) is 11.3 Å². The van der Waals surface area contributed by atoms with Crippen molar-refractivity contribution in [3.8, 4) is 0 Å². The molecule has 0 N–H and O–H groups in total. The second kappa shape index (κ2) is 4.33. The van der Waals surface area contributed by atoms with Gasteiger partial charge in [-0.2, -0.15) is 0 Å². The van der Waals surface area contributed by atoms with Gasteiger partial charge < -0.3 is 4.74 Å². The Morgan fingerprint density at radius 3 is 3.18 bits per heavy atom. The summed E-state index contributed by atoms with van der Waals surface area (Å²) in [6.07, 6.45) is 5.14. The van der Waals surface area contributed by atoms with Gasteiger partial charge in [0.2, 0.25) is 0 Å². The molecule has 3 heterocycles. The molecule has 3 rings (SSSR count). The van der Waals surface area contributed by atoms with E-state index < -0.39 is 0 Å². The molecule has 0 aromatic carbocycles. The fourth-order valence-corrected chi connectivity index (χ4v) is 2.25. The van der Waals surface area contributed by atoms with Crippen LogP contribution in [0.3, 0.4) is 0 Å². The van der Waals surface area contributed by atoms with Crippen LogP contribution in [0.4, 0.5) is 0 Å². The van der Waals surface area contributed by atoms with Crippen molar-refractivity contribution in [2.45, 2.75) is 31.9 Å². The van der Waals surface area contributed by atoms with Gasteiger partial charge in [-0.25, -0.2) is 9.48 Å². The number of hydrogen-bond acceptors (Lipinski definition) is 3. The summed E-state index contributed by atoms with van der Waals surface area (Å²) in [5.41, 5.74) is 0.628. The van der Waals surface area contributed by atoms with Crippen molar-refractivity contribution in [1.29, 1.82) is 0 Å². The zero-order chi connectivity index (χ0) is 11.7. The molecule has 1 atom stereocenters. The Morgan fingerprint density at radius 1 is 1.47 bits per heavy atom. The lowest BCUT2D eigenvalue weighted by Crippen LogP contribution is -2.23. The number of aryl methyl sites for hydroxylation is 1. The molecule has 2 aromatic rings. The first-order valence-corrected chi connectivity index (χ1v) is 6.00. The van der Waals surface area contributed by atoms with E-state index in [0.717, 1.165) is 25.9 Å². The Hall–Kier alpha value is -1.62. The van der Waals surface area contributed by atoms with Crippen molar-refractivity contribution < 1.29 is 4.74 Å². The molecular formula is C12H15N3O2. The number of rotatable bonds is 3. The van der Waals surface area contributed by atoms with Crippen molar-refractivity contribution in [2.24, 2.45) is 0 Å². The molecule has 17 heavy (non-hydrogen) atoms. The van der Waals surface area contributed by atoms with Crippen LogP contribution < -0.4 is 5.69 Å². The minimum Gasteiger partial charge on any atom is -0.378 e. The van der Waals surface area contributed by atoms with Crippen molar-refractivity contribution in [3.63, 3.8) is 0 Å². The minimum atomic E-state index is -0.0707. The predicted molar refractivity (Wildman–Crippen MR) is 63.0 cm³/mol. The van der Waals surface area contributed by atoms with Crippen molar-refractivity contribution in [3.05, 3.63) is 34.9 Å². The summed E-state index contributed by atoms with van der Waals surface area (Å²) in [4.78, 5) is 12.0. The third-order valence-corrected chi connectivity index (χ3v) is 3.18. The van der Waals surface area contributed by atoms with E-state index in [1.807, 2.05) is 18.2 Å². The van der Waals surface area contributed by atoms with E-state index in [-0.39, 0.29) is 5.69 Å². The van der Waals surface area contributed by atoms with Gasteiger partial charge in [0.25, 0.3) is 0 Å². The summed E-state index contributed by atoms with van der Waals surface area (Å²) in [6, 6.07) is 5.55. The van der Waals surface area contributed by atoms with Crippen LogP contribution in [0.5, 0.6) is 0 Å². The molecule has 0 radical (unpaired) electrons. The molecule has 1 aliphatic rings. The van der Waals surface area contributed by atoms with Crippen LogP contribution in [0.1, 0.15) is 19.3 Å². The molecule has 90 valence electrons. The summed E-state index contributed by atoms with van der Waals surface area (Å²) in [7, 11) is 0. The van der Waals surface area contributed by atoms with Crippen LogP contribution in [0, 0.1) is 0 Å². The van der Waals surface area contributed by atoms with Crippen LogP contribution >= 0.6 is 0 Å². The van der Waals surface area contributed by atoms with Crippen molar-refractivity contribution in [2.75, 3.05) is 6.61 Å². The quantitative estimate of drug-likeness (QED) is 0.796. The third-order valence-electron chi connectivity index (χ3n) is 3.18. The van der Waals surface area contributed by atoms with E-state index in [2.05, 4.69) is 5.10 Å². The number of nitrogens with zero attached hydrogens (tertiary/aromatic N) is 3. The van der Waals surface area contributed by atoms with Gasteiger partial charge in [-0.15, -0.1) is 5.10 Å². The zero-order valence-electron chi connectivity index (χ0n) is 9.58. The number of hydrogen-bond donors (Lipinski definition) is 0. The van der Waals surface area contributed by atoms with E-state index in [9.17, 15) is 4.79 Å². The van der Waals surface area contributed by atoms with Crippen LogP contribution in [0.25, 0.3) is 5.65 Å². The second-order valence-electron chi connectivity index (χ2n) is 4.36. The van der Waals surface area contributed by atoms with E-state index in [4.69, 9.17) is 4.74 Å². The van der Waals surface area contributed by atoms with Gasteiger partial charge >= 0.3 is 5.69 Å². The van der Waals surface area contributed by atoms with Crippen LogP contribution in [-0.4, -0.2) is 26.9 Å². The predicted octanol–water partition coefficient (Wildman–Crippen LogP) is 1.07. The first kappa shape index (κ1) is 10.5. The zero-order valence-corrected chi connectivity index (χ0v) is 9.58. The maximum absolute atomic E-state index is 12.0. The highest BCUT2D eigenvalue weighted by molar-refractivity contribution is 5.35. The van der Waals surface area contributed by atoms with E-state index in [0.29, 0.717) is 18.3 Å². The molecule has 1 saturated heterocycles. The lowest BCUT2D eigenvalue weighted by Gasteiger charge is -2.07. The Kier molecular flexibility index (Phi) is 2.68. The molecule has 0 saturated carbocycles. The van der Waals surface area contributed by atoms with Crippen molar-refractivity contribution >= 4 is 5.65 Å². The summed E-state index contributed by atoms with van der Waals surface area (Å²) in [5.74, 6) is 0. The molecule has 1 unspecified atom stereocenters. The van der Waals surface area contributed by atoms with E-state index in [1.165, 1.54) is 4.68 Å². The van der Waals surface area contributed by atoms with Gasteiger partial charge in [-0.3, -0.25) is 4.40 Å². The van der Waals surface area contributed by atoms with Gasteiger partial charge in [0, 0.05) is 19.3 Å². The highest BCUT2D eigenvalue weighted by Crippen LogP contribution is 2.15. The first-order chi connectivity index (χ1) is 8.34. The molecular weight excluding hydrogens is 218 g/mol. The Bertz CT molecular complexity index is 566. The normalized spacial score (nSPS) is 20.1. The smallest absolute Gasteiger partial charge is 0.350 e. The molecule has 0 bridgehead atoms. The highest BCUT2D eigenvalue weighted by atomic mass is 16.5. The number of pyridine rings is 1. The molecule has 1 fully saturated rings. The lowest BCUT2D eigenvalue weighted by atomic mass is 10.2. The Labute approximate surface area is 98.6 Å². The SMILES string of the molecule is O=c1n(CCC2CCCO2)nc2ccccn12. The number of fused-ring (bicyclic) bond motifs is 1. The molecule has 1 aliphatic heterocycles. The summed E-state index contributed by atoms with van der Waals surface area (Å²) in [6.45, 7) is 1.48. The maximum atomic E-state index is 12.0. The maximum Gasteiger partial charge on any atom is 0.350 e. The fourth-order valence-electron chi connectivity index (χ4n) is 2.25. The standard InChI is InChI=1S/C12H15N3O2/c16-12-14-7-2-1-5-11(14)13-15(12)8-6-10-4-3-9-17-10/h1-2,5,7,10H,3-4,6,8-9H2. The molecule has 0 aliphatic carbocycles. The average Bonchev–Trinajstić information content (AvgIpc) is 2.96. The molecule has 0 amide bonds.